The molecule has 2 heterocycles. The SMILES string of the molecule is Cc1nc(-c2c(N)nsc2N(CCO)C2CCCC2)cs1. The molecule has 0 aliphatic heterocycles. The summed E-state index contributed by atoms with van der Waals surface area (Å²) < 4.78 is 4.34. The molecule has 0 spiro atoms. The van der Waals surface area contributed by atoms with Gasteiger partial charge in [0.15, 0.2) is 0 Å². The predicted octanol–water partition coefficient (Wildman–Crippen LogP) is 2.90. The molecule has 0 amide bonds. The van der Waals surface area contributed by atoms with Crippen LogP contribution in [-0.4, -0.2) is 33.7 Å². The predicted molar refractivity (Wildman–Crippen MR) is 89.1 cm³/mol. The highest BCUT2D eigenvalue weighted by Gasteiger charge is 2.28. The lowest BCUT2D eigenvalue weighted by Gasteiger charge is -2.29. The highest BCUT2D eigenvalue weighted by Crippen LogP contribution is 2.42. The van der Waals surface area contributed by atoms with Crippen molar-refractivity contribution in [1.82, 2.24) is 9.36 Å². The Morgan fingerprint density at radius 3 is 2.81 bits per heavy atom. The van der Waals surface area contributed by atoms with Crippen molar-refractivity contribution < 1.29 is 5.11 Å². The molecule has 1 aliphatic carbocycles. The first-order valence-electron chi connectivity index (χ1n) is 7.26. The minimum Gasteiger partial charge on any atom is -0.395 e. The van der Waals surface area contributed by atoms with Crippen LogP contribution in [0.3, 0.4) is 0 Å². The van der Waals surface area contributed by atoms with Gasteiger partial charge in [-0.15, -0.1) is 11.3 Å². The van der Waals surface area contributed by atoms with E-state index in [1.54, 1.807) is 11.3 Å². The number of thiazole rings is 1. The molecular formula is C14H20N4OS2. The number of rotatable bonds is 5. The van der Waals surface area contributed by atoms with E-state index in [1.807, 2.05) is 12.3 Å². The third-order valence-electron chi connectivity index (χ3n) is 3.94. The number of hydrogen-bond acceptors (Lipinski definition) is 7. The van der Waals surface area contributed by atoms with Gasteiger partial charge in [-0.2, -0.15) is 4.37 Å². The maximum atomic E-state index is 9.43. The van der Waals surface area contributed by atoms with E-state index in [4.69, 9.17) is 5.73 Å². The van der Waals surface area contributed by atoms with E-state index in [-0.39, 0.29) is 6.61 Å². The zero-order valence-corrected chi connectivity index (χ0v) is 13.7. The maximum absolute atomic E-state index is 9.43. The van der Waals surface area contributed by atoms with Crippen molar-refractivity contribution in [2.75, 3.05) is 23.8 Å². The van der Waals surface area contributed by atoms with Gasteiger partial charge < -0.3 is 15.7 Å². The van der Waals surface area contributed by atoms with Crippen LogP contribution in [0.4, 0.5) is 10.8 Å². The quantitative estimate of drug-likeness (QED) is 0.884. The van der Waals surface area contributed by atoms with Crippen LogP contribution >= 0.6 is 22.9 Å². The number of aromatic nitrogens is 2. The Morgan fingerprint density at radius 2 is 2.19 bits per heavy atom. The standard InChI is InChI=1S/C14H20N4OS2/c1-9-16-11(8-20-9)12-13(15)17-21-14(12)18(6-7-19)10-4-2-3-5-10/h8,10,19H,2-7H2,1H3,(H2,15,17). The van der Waals surface area contributed by atoms with E-state index in [2.05, 4.69) is 14.3 Å². The molecule has 2 aromatic heterocycles. The fraction of sp³-hybridized carbons (Fsp3) is 0.571. The maximum Gasteiger partial charge on any atom is 0.148 e. The van der Waals surface area contributed by atoms with E-state index in [9.17, 15) is 5.11 Å². The van der Waals surface area contributed by atoms with Crippen LogP contribution in [0, 0.1) is 6.92 Å². The number of nitrogens with zero attached hydrogens (tertiary/aromatic N) is 3. The first kappa shape index (κ1) is 14.7. The first-order chi connectivity index (χ1) is 10.2. The molecule has 2 aromatic rings. The third-order valence-corrected chi connectivity index (χ3v) is 5.62. The summed E-state index contributed by atoms with van der Waals surface area (Å²) in [7, 11) is 0. The summed E-state index contributed by atoms with van der Waals surface area (Å²) in [6, 6.07) is 0.482. The van der Waals surface area contributed by atoms with Gasteiger partial charge in [-0.05, 0) is 31.3 Å². The molecule has 7 heteroatoms. The molecule has 0 radical (unpaired) electrons. The Balaban J connectivity index is 2.00. The molecule has 1 fully saturated rings. The Morgan fingerprint density at radius 1 is 1.43 bits per heavy atom. The van der Waals surface area contributed by atoms with E-state index in [0.717, 1.165) is 21.3 Å². The molecule has 0 aromatic carbocycles. The Kier molecular flexibility index (Phi) is 4.42. The van der Waals surface area contributed by atoms with E-state index in [0.29, 0.717) is 18.4 Å². The molecule has 0 bridgehead atoms. The highest BCUT2D eigenvalue weighted by molar-refractivity contribution is 7.11. The summed E-state index contributed by atoms with van der Waals surface area (Å²) >= 11 is 3.04. The van der Waals surface area contributed by atoms with Crippen LogP contribution < -0.4 is 10.6 Å². The minimum atomic E-state index is 0.143. The smallest absolute Gasteiger partial charge is 0.148 e. The average molecular weight is 324 g/mol. The zero-order chi connectivity index (χ0) is 14.8. The van der Waals surface area contributed by atoms with Crippen LogP contribution in [0.15, 0.2) is 5.38 Å². The second-order valence-corrected chi connectivity index (χ2v) is 7.17. The fourth-order valence-electron chi connectivity index (χ4n) is 2.98. The van der Waals surface area contributed by atoms with Gasteiger partial charge in [0, 0.05) is 18.0 Å². The first-order valence-corrected chi connectivity index (χ1v) is 8.91. The van der Waals surface area contributed by atoms with Gasteiger partial charge in [-0.25, -0.2) is 4.98 Å². The number of aryl methyl sites for hydroxylation is 1. The van der Waals surface area contributed by atoms with Crippen molar-refractivity contribution in [1.29, 1.82) is 0 Å². The number of nitrogen functional groups attached to an aromatic ring is 1. The minimum absolute atomic E-state index is 0.143. The molecular weight excluding hydrogens is 304 g/mol. The zero-order valence-electron chi connectivity index (χ0n) is 12.1. The van der Waals surface area contributed by atoms with Gasteiger partial charge in [0.25, 0.3) is 0 Å². The lowest BCUT2D eigenvalue weighted by atomic mass is 10.1. The van der Waals surface area contributed by atoms with Crippen molar-refractivity contribution >= 4 is 33.7 Å². The molecule has 0 saturated heterocycles. The molecule has 5 nitrogen and oxygen atoms in total. The van der Waals surface area contributed by atoms with E-state index in [1.165, 1.54) is 37.2 Å². The summed E-state index contributed by atoms with van der Waals surface area (Å²) in [5.74, 6) is 0.543. The summed E-state index contributed by atoms with van der Waals surface area (Å²) in [6.07, 6.45) is 4.86. The number of hydrogen-bond donors (Lipinski definition) is 2. The molecule has 3 N–H and O–H groups in total. The average Bonchev–Trinajstić information content (AvgIpc) is 3.17. The molecule has 3 rings (SSSR count). The van der Waals surface area contributed by atoms with Crippen LogP contribution in [-0.2, 0) is 0 Å². The third kappa shape index (κ3) is 2.90. The van der Waals surface area contributed by atoms with Gasteiger partial charge in [-0.1, -0.05) is 12.8 Å². The number of anilines is 2. The molecule has 1 saturated carbocycles. The lowest BCUT2D eigenvalue weighted by Crippen LogP contribution is -2.35. The Hall–Kier alpha value is -1.18. The highest BCUT2D eigenvalue weighted by atomic mass is 32.1. The van der Waals surface area contributed by atoms with Gasteiger partial charge >= 0.3 is 0 Å². The second kappa shape index (κ2) is 6.29. The van der Waals surface area contributed by atoms with E-state index >= 15 is 0 Å². The largest absolute Gasteiger partial charge is 0.395 e. The molecule has 1 aliphatic rings. The lowest BCUT2D eigenvalue weighted by molar-refractivity contribution is 0.297. The number of aliphatic hydroxyl groups excluding tert-OH is 1. The van der Waals surface area contributed by atoms with Crippen LogP contribution in [0.2, 0.25) is 0 Å². The van der Waals surface area contributed by atoms with Crippen LogP contribution in [0.25, 0.3) is 11.3 Å². The number of nitrogens with two attached hydrogens (primary N) is 1. The van der Waals surface area contributed by atoms with Crippen molar-refractivity contribution in [2.24, 2.45) is 0 Å². The number of aliphatic hydroxyl groups is 1. The van der Waals surface area contributed by atoms with Crippen LogP contribution in [0.1, 0.15) is 30.7 Å². The summed E-state index contributed by atoms with van der Waals surface area (Å²) in [5, 5.41) is 13.5. The monoisotopic (exact) mass is 324 g/mol. The van der Waals surface area contributed by atoms with Gasteiger partial charge in [0.2, 0.25) is 0 Å². The van der Waals surface area contributed by atoms with Crippen molar-refractivity contribution in [3.8, 4) is 11.3 Å². The van der Waals surface area contributed by atoms with Gasteiger partial charge in [0.1, 0.15) is 10.8 Å². The Bertz CT molecular complexity index is 604. The van der Waals surface area contributed by atoms with Crippen molar-refractivity contribution in [3.05, 3.63) is 10.4 Å². The van der Waals surface area contributed by atoms with Crippen molar-refractivity contribution in [2.45, 2.75) is 38.6 Å². The fourth-order valence-corrected chi connectivity index (χ4v) is 4.51. The van der Waals surface area contributed by atoms with Crippen LogP contribution in [0.5, 0.6) is 0 Å². The van der Waals surface area contributed by atoms with Crippen molar-refractivity contribution in [3.63, 3.8) is 0 Å². The molecule has 114 valence electrons. The molecule has 0 unspecified atom stereocenters. The normalized spacial score (nSPS) is 15.7. The Labute approximate surface area is 132 Å². The molecule has 21 heavy (non-hydrogen) atoms. The molecule has 0 atom stereocenters. The summed E-state index contributed by atoms with van der Waals surface area (Å²) in [6.45, 7) is 2.76. The second-order valence-electron chi connectivity index (χ2n) is 5.36. The summed E-state index contributed by atoms with van der Waals surface area (Å²) in [5.41, 5.74) is 7.93. The summed E-state index contributed by atoms with van der Waals surface area (Å²) in [4.78, 5) is 6.84. The topological polar surface area (TPSA) is 75.3 Å². The van der Waals surface area contributed by atoms with Gasteiger partial charge in [0.05, 0.1) is 22.9 Å². The van der Waals surface area contributed by atoms with Gasteiger partial charge in [-0.3, -0.25) is 0 Å². The van der Waals surface area contributed by atoms with E-state index < -0.39 is 0 Å².